The predicted octanol–water partition coefficient (Wildman–Crippen LogP) is 1.84. The first-order valence-electron chi connectivity index (χ1n) is 5.69. The molecule has 0 spiro atoms. The fourth-order valence-electron chi connectivity index (χ4n) is 1.95. The summed E-state index contributed by atoms with van der Waals surface area (Å²) >= 11 is 0. The molecule has 3 nitrogen and oxygen atoms in total. The van der Waals surface area contributed by atoms with E-state index in [1.165, 1.54) is 12.8 Å². The van der Waals surface area contributed by atoms with Gasteiger partial charge >= 0.3 is 0 Å². The van der Waals surface area contributed by atoms with Gasteiger partial charge in [-0.2, -0.15) is 0 Å². The fraction of sp³-hybridized carbons (Fsp3) is 0.667. The van der Waals surface area contributed by atoms with E-state index in [9.17, 15) is 0 Å². The maximum Gasteiger partial charge on any atom is 0.117 e. The summed E-state index contributed by atoms with van der Waals surface area (Å²) in [6.07, 6.45) is 3.45. The number of rotatable bonds is 6. The van der Waals surface area contributed by atoms with Gasteiger partial charge in [-0.1, -0.05) is 0 Å². The zero-order valence-corrected chi connectivity index (χ0v) is 9.20. The second-order valence-corrected chi connectivity index (χ2v) is 4.35. The van der Waals surface area contributed by atoms with E-state index in [1.807, 2.05) is 19.1 Å². The van der Waals surface area contributed by atoms with Gasteiger partial charge < -0.3 is 14.8 Å². The predicted molar refractivity (Wildman–Crippen MR) is 58.5 cm³/mol. The van der Waals surface area contributed by atoms with E-state index in [1.54, 1.807) is 0 Å². The molecule has 0 amide bonds. The van der Waals surface area contributed by atoms with Gasteiger partial charge in [-0.25, -0.2) is 0 Å². The number of hydrogen-bond donors (Lipinski definition) is 2. The first kappa shape index (κ1) is 10.7. The molecule has 0 saturated heterocycles. The van der Waals surface area contributed by atoms with Crippen LogP contribution in [0.25, 0.3) is 0 Å². The highest BCUT2D eigenvalue weighted by Gasteiger charge is 2.30. The molecule has 3 heteroatoms. The third-order valence-corrected chi connectivity index (χ3v) is 2.97. The minimum Gasteiger partial charge on any atom is -0.465 e. The molecule has 1 aliphatic rings. The Kier molecular flexibility index (Phi) is 3.44. The molecule has 0 aliphatic heterocycles. The zero-order chi connectivity index (χ0) is 10.7. The molecule has 1 aliphatic carbocycles. The van der Waals surface area contributed by atoms with Gasteiger partial charge in [-0.3, -0.25) is 0 Å². The molecular weight excluding hydrogens is 190 g/mol. The van der Waals surface area contributed by atoms with Crippen LogP contribution in [0.1, 0.15) is 30.8 Å². The Labute approximate surface area is 90.5 Å². The average Bonchev–Trinajstić information content (AvgIpc) is 2.97. The average molecular weight is 209 g/mol. The van der Waals surface area contributed by atoms with Crippen LogP contribution in [0.3, 0.4) is 0 Å². The molecule has 15 heavy (non-hydrogen) atoms. The highest BCUT2D eigenvalue weighted by molar-refractivity contribution is 5.05. The smallest absolute Gasteiger partial charge is 0.117 e. The van der Waals surface area contributed by atoms with E-state index < -0.39 is 0 Å². The molecule has 0 radical (unpaired) electrons. The third kappa shape index (κ3) is 3.08. The van der Waals surface area contributed by atoms with Crippen LogP contribution in [0.5, 0.6) is 0 Å². The van der Waals surface area contributed by atoms with Crippen molar-refractivity contribution in [3.8, 4) is 0 Å². The fourth-order valence-corrected chi connectivity index (χ4v) is 1.95. The van der Waals surface area contributed by atoms with Crippen LogP contribution in [0.4, 0.5) is 0 Å². The minimum absolute atomic E-state index is 0.269. The lowest BCUT2D eigenvalue weighted by atomic mass is 10.1. The van der Waals surface area contributed by atoms with Gasteiger partial charge in [0, 0.05) is 12.6 Å². The van der Waals surface area contributed by atoms with E-state index in [0.717, 1.165) is 30.4 Å². The number of nitrogens with one attached hydrogen (secondary N) is 1. The summed E-state index contributed by atoms with van der Waals surface area (Å²) in [5, 5.41) is 12.4. The lowest BCUT2D eigenvalue weighted by molar-refractivity contribution is 0.253. The second-order valence-electron chi connectivity index (χ2n) is 4.35. The number of furan rings is 1. The van der Waals surface area contributed by atoms with E-state index in [4.69, 9.17) is 9.52 Å². The van der Waals surface area contributed by atoms with Gasteiger partial charge in [0.25, 0.3) is 0 Å². The Bertz CT molecular complexity index is 304. The van der Waals surface area contributed by atoms with Crippen molar-refractivity contribution >= 4 is 0 Å². The number of aryl methyl sites for hydroxylation is 1. The van der Waals surface area contributed by atoms with Crippen molar-refractivity contribution in [1.29, 1.82) is 0 Å². The molecule has 1 atom stereocenters. The van der Waals surface area contributed by atoms with Crippen molar-refractivity contribution in [2.45, 2.75) is 38.8 Å². The monoisotopic (exact) mass is 209 g/mol. The summed E-state index contributed by atoms with van der Waals surface area (Å²) in [6.45, 7) is 3.00. The molecule has 0 bridgehead atoms. The van der Waals surface area contributed by atoms with Gasteiger partial charge in [0.05, 0.1) is 6.54 Å². The van der Waals surface area contributed by atoms with E-state index >= 15 is 0 Å². The number of aliphatic hydroxyl groups excluding tert-OH is 1. The van der Waals surface area contributed by atoms with Crippen LogP contribution in [0, 0.1) is 12.8 Å². The van der Waals surface area contributed by atoms with Crippen molar-refractivity contribution in [3.05, 3.63) is 23.7 Å². The van der Waals surface area contributed by atoms with Crippen molar-refractivity contribution in [3.63, 3.8) is 0 Å². The standard InChI is InChI=1S/C12H19NO2/c1-9-2-5-11(15-9)8-13-12(6-7-14)10-3-4-10/h2,5,10,12-14H,3-4,6-8H2,1H3. The van der Waals surface area contributed by atoms with Crippen LogP contribution in [-0.4, -0.2) is 17.8 Å². The maximum absolute atomic E-state index is 8.95. The highest BCUT2D eigenvalue weighted by Crippen LogP contribution is 2.34. The second kappa shape index (κ2) is 4.81. The summed E-state index contributed by atoms with van der Waals surface area (Å²) < 4.78 is 5.49. The summed E-state index contributed by atoms with van der Waals surface area (Å²) in [4.78, 5) is 0. The summed E-state index contributed by atoms with van der Waals surface area (Å²) in [7, 11) is 0. The zero-order valence-electron chi connectivity index (χ0n) is 9.20. The molecule has 1 aromatic rings. The molecule has 84 valence electrons. The Balaban J connectivity index is 1.79. The lowest BCUT2D eigenvalue weighted by Gasteiger charge is -2.15. The summed E-state index contributed by atoms with van der Waals surface area (Å²) in [5.41, 5.74) is 0. The SMILES string of the molecule is Cc1ccc(CNC(CCO)C2CC2)o1. The Morgan fingerprint density at radius 1 is 1.53 bits per heavy atom. The van der Waals surface area contributed by atoms with Crippen LogP contribution >= 0.6 is 0 Å². The van der Waals surface area contributed by atoms with Gasteiger partial charge in [0.1, 0.15) is 11.5 Å². The molecule has 1 heterocycles. The van der Waals surface area contributed by atoms with E-state index in [0.29, 0.717) is 6.04 Å². The summed E-state index contributed by atoms with van der Waals surface area (Å²) in [6, 6.07) is 4.45. The number of aliphatic hydroxyl groups is 1. The lowest BCUT2D eigenvalue weighted by Crippen LogP contribution is -2.31. The van der Waals surface area contributed by atoms with Crippen molar-refractivity contribution < 1.29 is 9.52 Å². The number of hydrogen-bond acceptors (Lipinski definition) is 3. The quantitative estimate of drug-likeness (QED) is 0.751. The molecule has 1 saturated carbocycles. The van der Waals surface area contributed by atoms with Crippen LogP contribution < -0.4 is 5.32 Å². The molecule has 2 rings (SSSR count). The van der Waals surface area contributed by atoms with Crippen molar-refractivity contribution in [2.75, 3.05) is 6.61 Å². The van der Waals surface area contributed by atoms with Crippen molar-refractivity contribution in [2.24, 2.45) is 5.92 Å². The highest BCUT2D eigenvalue weighted by atomic mass is 16.3. The first-order valence-corrected chi connectivity index (χ1v) is 5.69. The van der Waals surface area contributed by atoms with Gasteiger partial charge in [0.15, 0.2) is 0 Å². The molecule has 1 aromatic heterocycles. The Hall–Kier alpha value is -0.800. The first-order chi connectivity index (χ1) is 7.29. The van der Waals surface area contributed by atoms with Gasteiger partial charge in [-0.15, -0.1) is 0 Å². The third-order valence-electron chi connectivity index (χ3n) is 2.97. The molecule has 0 aromatic carbocycles. The van der Waals surface area contributed by atoms with Crippen LogP contribution in [0.15, 0.2) is 16.5 Å². The van der Waals surface area contributed by atoms with Crippen molar-refractivity contribution in [1.82, 2.24) is 5.32 Å². The Morgan fingerprint density at radius 3 is 2.87 bits per heavy atom. The minimum atomic E-state index is 0.269. The molecule has 1 fully saturated rings. The van der Waals surface area contributed by atoms with Crippen LogP contribution in [-0.2, 0) is 6.54 Å². The Morgan fingerprint density at radius 2 is 2.33 bits per heavy atom. The van der Waals surface area contributed by atoms with Crippen LogP contribution in [0.2, 0.25) is 0 Å². The molecular formula is C12H19NO2. The van der Waals surface area contributed by atoms with Gasteiger partial charge in [0.2, 0.25) is 0 Å². The van der Waals surface area contributed by atoms with E-state index in [-0.39, 0.29) is 6.61 Å². The normalized spacial score (nSPS) is 18.0. The largest absolute Gasteiger partial charge is 0.465 e. The summed E-state index contributed by atoms with van der Waals surface area (Å²) in [5.74, 6) is 2.71. The molecule has 1 unspecified atom stereocenters. The topological polar surface area (TPSA) is 45.4 Å². The van der Waals surface area contributed by atoms with E-state index in [2.05, 4.69) is 5.32 Å². The van der Waals surface area contributed by atoms with Gasteiger partial charge in [-0.05, 0) is 44.2 Å². The maximum atomic E-state index is 8.95. The molecule has 2 N–H and O–H groups in total.